The summed E-state index contributed by atoms with van der Waals surface area (Å²) in [5, 5.41) is 0. The van der Waals surface area contributed by atoms with E-state index in [-0.39, 0.29) is 36.8 Å². The van der Waals surface area contributed by atoms with Crippen molar-refractivity contribution in [2.75, 3.05) is 47.3 Å². The van der Waals surface area contributed by atoms with Crippen molar-refractivity contribution < 1.29 is 71.5 Å². The summed E-state index contributed by atoms with van der Waals surface area (Å²) < 4.78 is 42.8. The highest BCUT2D eigenvalue weighted by Gasteiger charge is 2.37. The van der Waals surface area contributed by atoms with E-state index in [9.17, 15) is 33.6 Å². The molecule has 0 bridgehead atoms. The van der Waals surface area contributed by atoms with Crippen LogP contribution in [-0.4, -0.2) is 89.0 Å². The molecule has 3 aromatic carbocycles. The maximum Gasteiger partial charge on any atom is 0.333 e. The molecule has 0 heterocycles. The predicted molar refractivity (Wildman–Crippen MR) is 252 cm³/mol. The van der Waals surface area contributed by atoms with Gasteiger partial charge in [-0.15, -0.1) is 0 Å². The number of ether oxygens (including phenoxy) is 8. The van der Waals surface area contributed by atoms with E-state index in [0.717, 1.165) is 61.6 Å². The Morgan fingerprint density at radius 3 is 1.65 bits per heavy atom. The molecule has 3 rings (SSSR count). The quantitative estimate of drug-likeness (QED) is 0.0213. The summed E-state index contributed by atoms with van der Waals surface area (Å²) in [4.78, 5) is 86.4. The van der Waals surface area contributed by atoms with E-state index in [1.54, 1.807) is 31.2 Å². The molecule has 0 saturated carbocycles. The first-order valence-electron chi connectivity index (χ1n) is 22.2. The van der Waals surface area contributed by atoms with Gasteiger partial charge in [0.25, 0.3) is 0 Å². The number of unbranched alkanes of at least 4 members (excludes halogenated alkanes) is 3. The summed E-state index contributed by atoms with van der Waals surface area (Å²) in [7, 11) is 2.25. The zero-order chi connectivity index (χ0) is 49.9. The zero-order valence-corrected chi connectivity index (χ0v) is 39.6. The largest absolute Gasteiger partial charge is 0.492 e. The number of carbonyl (C=O) groups excluding carboxylic acids is 7. The number of methoxy groups -OCH3 is 2. The molecule has 0 fully saturated rings. The fraction of sp³-hybridized carbons (Fsp3) is 0.377. The molecular weight excluding hydrogens is 877 g/mol. The SMILES string of the molecule is C=C(C)C(=O)OCCCc1cc(-c2ccc(OC(=O)CCc3ccc(CCCCCC)cc3)cc2)ccc1OCC(COC(=O)/C=C/C(=O)OC)(COC(=O)/C=C/C(=O)OC)COC(=O)C(=C)C. The molecule has 364 valence electrons. The lowest BCUT2D eigenvalue weighted by Crippen LogP contribution is -2.44. The van der Waals surface area contributed by atoms with Gasteiger partial charge in [-0.2, -0.15) is 0 Å². The Hall–Kier alpha value is -7.29. The Morgan fingerprint density at radius 1 is 0.559 bits per heavy atom. The number of rotatable bonds is 29. The fourth-order valence-corrected chi connectivity index (χ4v) is 6.19. The van der Waals surface area contributed by atoms with E-state index in [0.29, 0.717) is 36.3 Å². The van der Waals surface area contributed by atoms with Crippen molar-refractivity contribution in [3.63, 3.8) is 0 Å². The number of hydrogen-bond acceptors (Lipinski definition) is 15. The summed E-state index contributed by atoms with van der Waals surface area (Å²) in [6.07, 6.45) is 10.7. The maximum absolute atomic E-state index is 12.8. The fourth-order valence-electron chi connectivity index (χ4n) is 6.19. The van der Waals surface area contributed by atoms with Gasteiger partial charge in [-0.05, 0) is 98.0 Å². The Kier molecular flexibility index (Phi) is 23.8. The monoisotopic (exact) mass is 938 g/mol. The van der Waals surface area contributed by atoms with Crippen LogP contribution in [0.1, 0.15) is 76.0 Å². The lowest BCUT2D eigenvalue weighted by atomic mass is 9.91. The third kappa shape index (κ3) is 20.5. The third-order valence-corrected chi connectivity index (χ3v) is 10.2. The lowest BCUT2D eigenvalue weighted by Gasteiger charge is -2.32. The van der Waals surface area contributed by atoms with Gasteiger partial charge in [-0.1, -0.05) is 81.8 Å². The minimum Gasteiger partial charge on any atom is -0.492 e. The van der Waals surface area contributed by atoms with Crippen LogP contribution in [0.4, 0.5) is 0 Å². The Bertz CT molecular complexity index is 2230. The summed E-state index contributed by atoms with van der Waals surface area (Å²) >= 11 is 0. The molecule has 0 radical (unpaired) electrons. The minimum absolute atomic E-state index is 0.0527. The molecule has 15 nitrogen and oxygen atoms in total. The molecule has 0 aromatic heterocycles. The molecule has 0 spiro atoms. The van der Waals surface area contributed by atoms with E-state index in [2.05, 4.69) is 53.8 Å². The molecule has 0 aliphatic heterocycles. The highest BCUT2D eigenvalue weighted by atomic mass is 16.6. The van der Waals surface area contributed by atoms with Gasteiger partial charge in [-0.3, -0.25) is 4.79 Å². The first-order valence-corrected chi connectivity index (χ1v) is 22.2. The van der Waals surface area contributed by atoms with Crippen molar-refractivity contribution in [1.29, 1.82) is 0 Å². The van der Waals surface area contributed by atoms with Gasteiger partial charge in [0.2, 0.25) is 0 Å². The van der Waals surface area contributed by atoms with Gasteiger partial charge >= 0.3 is 41.8 Å². The molecule has 0 saturated heterocycles. The van der Waals surface area contributed by atoms with E-state index in [1.165, 1.54) is 38.2 Å². The van der Waals surface area contributed by atoms with Crippen molar-refractivity contribution >= 4 is 41.8 Å². The van der Waals surface area contributed by atoms with Gasteiger partial charge in [-0.25, -0.2) is 28.8 Å². The predicted octanol–water partition coefficient (Wildman–Crippen LogP) is 8.10. The van der Waals surface area contributed by atoms with E-state index in [4.69, 9.17) is 28.4 Å². The highest BCUT2D eigenvalue weighted by molar-refractivity contribution is 5.92. The summed E-state index contributed by atoms with van der Waals surface area (Å²) in [6, 6.07) is 20.7. The lowest BCUT2D eigenvalue weighted by molar-refractivity contribution is -0.159. The second kappa shape index (κ2) is 29.4. The molecule has 3 aromatic rings. The molecule has 15 heteroatoms. The first-order chi connectivity index (χ1) is 32.6. The van der Waals surface area contributed by atoms with E-state index < -0.39 is 61.1 Å². The van der Waals surface area contributed by atoms with Gasteiger partial charge < -0.3 is 37.9 Å². The number of carbonyl (C=O) groups is 7. The van der Waals surface area contributed by atoms with Gasteiger partial charge in [0.1, 0.15) is 43.3 Å². The number of hydrogen-bond donors (Lipinski definition) is 0. The maximum atomic E-state index is 12.8. The van der Waals surface area contributed by atoms with Crippen LogP contribution >= 0.6 is 0 Å². The minimum atomic E-state index is -1.59. The number of esters is 7. The second-order valence-electron chi connectivity index (χ2n) is 16.0. The molecule has 0 aliphatic rings. The molecule has 0 N–H and O–H groups in total. The van der Waals surface area contributed by atoms with Crippen LogP contribution in [-0.2, 0) is 81.2 Å². The summed E-state index contributed by atoms with van der Waals surface area (Å²) in [5.74, 6) is -4.59. The molecular formula is C53H62O15. The van der Waals surface area contributed by atoms with Crippen molar-refractivity contribution in [3.8, 4) is 22.6 Å². The van der Waals surface area contributed by atoms with Crippen LogP contribution in [0.5, 0.6) is 11.5 Å². The molecule has 68 heavy (non-hydrogen) atoms. The van der Waals surface area contributed by atoms with Gasteiger partial charge in [0, 0.05) is 41.9 Å². The number of aryl methyl sites for hydroxylation is 3. The standard InChI is InChI=1S/C53H62O15/c1-8-9-10-11-13-39-15-17-40(18-16-39)19-26-50(58)68-44-23-20-41(21-24-44)42-22-25-45(43(32-42)14-12-31-63-51(59)37(2)3)64-33-53(36-67-52(60)38(4)5,34-65-48(56)29-27-46(54)61-6)35-66-49(57)30-28-47(55)62-7/h15-18,20-25,27-30,32H,2,4,8-14,19,26,31,33-36H2,1,3,5-7H3/b29-27+,30-28+. The van der Waals surface area contributed by atoms with Crippen LogP contribution in [0, 0.1) is 5.41 Å². The average Bonchev–Trinajstić information content (AvgIpc) is 3.34. The number of benzene rings is 3. The first kappa shape index (κ1) is 55.0. The highest BCUT2D eigenvalue weighted by Crippen LogP contribution is 2.31. The zero-order valence-electron chi connectivity index (χ0n) is 39.6. The summed E-state index contributed by atoms with van der Waals surface area (Å²) in [5.41, 5.74) is 3.25. The molecule has 0 unspecified atom stereocenters. The summed E-state index contributed by atoms with van der Waals surface area (Å²) in [6.45, 7) is 10.4. The molecule has 0 atom stereocenters. The van der Waals surface area contributed by atoms with Crippen molar-refractivity contribution in [3.05, 3.63) is 132 Å². The van der Waals surface area contributed by atoms with Crippen LogP contribution in [0.25, 0.3) is 11.1 Å². The van der Waals surface area contributed by atoms with Crippen molar-refractivity contribution in [2.24, 2.45) is 5.41 Å². The van der Waals surface area contributed by atoms with Crippen molar-refractivity contribution in [2.45, 2.75) is 78.6 Å². The van der Waals surface area contributed by atoms with Crippen LogP contribution in [0.15, 0.2) is 115 Å². The van der Waals surface area contributed by atoms with Crippen LogP contribution in [0.3, 0.4) is 0 Å². The van der Waals surface area contributed by atoms with Gasteiger partial charge in [0.05, 0.1) is 20.8 Å². The van der Waals surface area contributed by atoms with E-state index in [1.807, 2.05) is 18.2 Å². The normalized spacial score (nSPS) is 11.1. The topological polar surface area (TPSA) is 193 Å². The van der Waals surface area contributed by atoms with E-state index >= 15 is 0 Å². The van der Waals surface area contributed by atoms with Crippen molar-refractivity contribution in [1.82, 2.24) is 0 Å². The Balaban J connectivity index is 1.88. The third-order valence-electron chi connectivity index (χ3n) is 10.2. The molecule has 0 aliphatic carbocycles. The smallest absolute Gasteiger partial charge is 0.333 e. The average molecular weight is 939 g/mol. The van der Waals surface area contributed by atoms with Gasteiger partial charge in [0.15, 0.2) is 0 Å². The Labute approximate surface area is 398 Å². The Morgan fingerprint density at radius 2 is 1.09 bits per heavy atom. The van der Waals surface area contributed by atoms with Crippen LogP contribution < -0.4 is 9.47 Å². The van der Waals surface area contributed by atoms with Crippen LogP contribution in [0.2, 0.25) is 0 Å². The molecule has 0 amide bonds. The second-order valence-corrected chi connectivity index (χ2v) is 16.0.